The first-order valence-electron chi connectivity index (χ1n) is 16.6. The van der Waals surface area contributed by atoms with Crippen LogP contribution in [0.25, 0.3) is 65.4 Å². The molecule has 1 aromatic heterocycles. The van der Waals surface area contributed by atoms with E-state index in [9.17, 15) is 0 Å². The van der Waals surface area contributed by atoms with Gasteiger partial charge < -0.3 is 9.73 Å². The second-order valence-electron chi connectivity index (χ2n) is 12.6. The lowest BCUT2D eigenvalue weighted by molar-refractivity contribution is 0.668. The van der Waals surface area contributed by atoms with Gasteiger partial charge in [0.1, 0.15) is 23.2 Å². The van der Waals surface area contributed by atoms with Crippen LogP contribution in [-0.2, 0) is 0 Å². The Balaban J connectivity index is 1.17. The van der Waals surface area contributed by atoms with Crippen LogP contribution in [0.1, 0.15) is 22.9 Å². The summed E-state index contributed by atoms with van der Waals surface area (Å²) in [7, 11) is 0. The Labute approximate surface area is 282 Å². The van der Waals surface area contributed by atoms with Crippen LogP contribution in [0.15, 0.2) is 178 Å². The lowest BCUT2D eigenvalue weighted by atomic mass is 9.95. The molecule has 9 aromatic rings. The maximum atomic E-state index is 6.53. The second kappa shape index (κ2) is 11.0. The van der Waals surface area contributed by atoms with E-state index in [1.165, 1.54) is 26.9 Å². The fourth-order valence-electron chi connectivity index (χ4n) is 7.33. The van der Waals surface area contributed by atoms with Gasteiger partial charge in [0.05, 0.1) is 0 Å². The Morgan fingerprint density at radius 3 is 1.96 bits per heavy atom. The van der Waals surface area contributed by atoms with Crippen LogP contribution >= 0.6 is 0 Å². The monoisotopic (exact) mass is 627 g/mol. The largest absolute Gasteiger partial charge is 0.456 e. The molecule has 0 amide bonds. The van der Waals surface area contributed by atoms with Crippen LogP contribution in [0.4, 0.5) is 0 Å². The van der Waals surface area contributed by atoms with E-state index >= 15 is 0 Å². The van der Waals surface area contributed by atoms with Crippen molar-refractivity contribution in [2.24, 2.45) is 9.98 Å². The molecule has 0 radical (unpaired) electrons. The molecular weight excluding hydrogens is 599 g/mol. The first kappa shape index (κ1) is 27.6. The summed E-state index contributed by atoms with van der Waals surface area (Å²) in [6, 6.07) is 57.5. The van der Waals surface area contributed by atoms with E-state index in [4.69, 9.17) is 14.4 Å². The van der Waals surface area contributed by atoms with Gasteiger partial charge >= 0.3 is 0 Å². The molecule has 1 aliphatic rings. The molecule has 0 spiro atoms. The van der Waals surface area contributed by atoms with Gasteiger partial charge in [-0.15, -0.1) is 0 Å². The van der Waals surface area contributed by atoms with Gasteiger partial charge in [-0.2, -0.15) is 0 Å². The molecule has 1 atom stereocenters. The van der Waals surface area contributed by atoms with Gasteiger partial charge in [-0.1, -0.05) is 140 Å². The maximum Gasteiger partial charge on any atom is 0.159 e. The summed E-state index contributed by atoms with van der Waals surface area (Å²) in [6.07, 6.45) is -0.315. The topological polar surface area (TPSA) is 49.9 Å². The van der Waals surface area contributed by atoms with Gasteiger partial charge in [0, 0.05) is 21.9 Å². The molecule has 0 saturated carbocycles. The number of nitrogens with one attached hydrogen (secondary N) is 1. The molecule has 1 unspecified atom stereocenters. The molecule has 4 heteroatoms. The van der Waals surface area contributed by atoms with Crippen molar-refractivity contribution in [1.82, 2.24) is 5.32 Å². The SMILES string of the molecule is c1ccc(C2N=C(c3ccc4c(ccc5ccccc54)c3)N=C(c3cccc4oc5cccc(-c6ccc7ccccc7c6)c5c34)N2)cc1. The van der Waals surface area contributed by atoms with Crippen molar-refractivity contribution in [3.8, 4) is 11.1 Å². The molecule has 8 aromatic carbocycles. The number of hydrogen-bond donors (Lipinski definition) is 1. The highest BCUT2D eigenvalue weighted by atomic mass is 16.3. The molecule has 1 aliphatic heterocycles. The number of amidine groups is 2. The molecule has 1 N–H and O–H groups in total. The van der Waals surface area contributed by atoms with Crippen molar-refractivity contribution >= 4 is 65.9 Å². The predicted molar refractivity (Wildman–Crippen MR) is 204 cm³/mol. The summed E-state index contributed by atoms with van der Waals surface area (Å²) in [5.74, 6) is 1.45. The van der Waals surface area contributed by atoms with Crippen molar-refractivity contribution in [3.63, 3.8) is 0 Å². The van der Waals surface area contributed by atoms with E-state index < -0.39 is 0 Å². The van der Waals surface area contributed by atoms with Crippen LogP contribution in [0.3, 0.4) is 0 Å². The Kier molecular flexibility index (Phi) is 6.21. The summed E-state index contributed by atoms with van der Waals surface area (Å²) in [4.78, 5) is 10.4. The first-order chi connectivity index (χ1) is 24.3. The number of fused-ring (bicyclic) bond motifs is 7. The zero-order valence-corrected chi connectivity index (χ0v) is 26.5. The minimum absolute atomic E-state index is 0.315. The van der Waals surface area contributed by atoms with E-state index in [1.54, 1.807) is 0 Å². The molecule has 2 heterocycles. The third-order valence-corrected chi connectivity index (χ3v) is 9.70. The van der Waals surface area contributed by atoms with E-state index in [0.717, 1.165) is 61.0 Å². The van der Waals surface area contributed by atoms with Crippen LogP contribution in [0.2, 0.25) is 0 Å². The van der Waals surface area contributed by atoms with Crippen molar-refractivity contribution in [3.05, 3.63) is 180 Å². The zero-order valence-electron chi connectivity index (χ0n) is 26.5. The van der Waals surface area contributed by atoms with Gasteiger partial charge in [0.25, 0.3) is 0 Å². The normalized spacial score (nSPS) is 14.7. The average molecular weight is 628 g/mol. The van der Waals surface area contributed by atoms with Crippen LogP contribution in [0, 0.1) is 0 Å². The Morgan fingerprint density at radius 1 is 0.469 bits per heavy atom. The Hall–Kier alpha value is -6.52. The van der Waals surface area contributed by atoms with E-state index in [1.807, 2.05) is 18.2 Å². The molecule has 0 aliphatic carbocycles. The van der Waals surface area contributed by atoms with E-state index in [2.05, 4.69) is 151 Å². The predicted octanol–water partition coefficient (Wildman–Crippen LogP) is 11.2. The second-order valence-corrected chi connectivity index (χ2v) is 12.6. The maximum absolute atomic E-state index is 6.53. The standard InChI is InChI=1S/C45H29N3O/c1-2-12-30(13-3-1)43-46-44(34-24-25-36-32(27-34)23-21-29-11-6-7-15-35(29)36)48-45(47-43)38-17-9-19-40-42(38)41-37(16-8-18-39(41)49-40)33-22-20-28-10-4-5-14-31(28)26-33/h1-27,43H,(H,46,47,48). The third kappa shape index (κ3) is 4.61. The number of nitrogens with zero attached hydrogens (tertiary/aromatic N) is 2. The Morgan fingerprint density at radius 2 is 1.10 bits per heavy atom. The highest BCUT2D eigenvalue weighted by Gasteiger charge is 2.25. The van der Waals surface area contributed by atoms with E-state index in [-0.39, 0.29) is 6.17 Å². The molecule has 4 nitrogen and oxygen atoms in total. The lowest BCUT2D eigenvalue weighted by Crippen LogP contribution is -2.33. The average Bonchev–Trinajstić information content (AvgIpc) is 3.57. The number of benzene rings is 8. The van der Waals surface area contributed by atoms with Crippen molar-refractivity contribution in [2.75, 3.05) is 0 Å². The molecule has 10 rings (SSSR count). The summed E-state index contributed by atoms with van der Waals surface area (Å²) in [5.41, 5.74) is 6.96. The molecule has 230 valence electrons. The van der Waals surface area contributed by atoms with Gasteiger partial charge in [0.2, 0.25) is 0 Å². The quantitative estimate of drug-likeness (QED) is 0.197. The van der Waals surface area contributed by atoms with Gasteiger partial charge in [0.15, 0.2) is 5.84 Å². The van der Waals surface area contributed by atoms with Crippen molar-refractivity contribution < 1.29 is 4.42 Å². The lowest BCUT2D eigenvalue weighted by Gasteiger charge is -2.24. The fourth-order valence-corrected chi connectivity index (χ4v) is 7.33. The fraction of sp³-hybridized carbons (Fsp3) is 0.0222. The van der Waals surface area contributed by atoms with Gasteiger partial charge in [-0.3, -0.25) is 0 Å². The minimum Gasteiger partial charge on any atom is -0.456 e. The zero-order chi connectivity index (χ0) is 32.3. The smallest absolute Gasteiger partial charge is 0.159 e. The third-order valence-electron chi connectivity index (χ3n) is 9.70. The summed E-state index contributed by atoms with van der Waals surface area (Å²) in [6.45, 7) is 0. The van der Waals surface area contributed by atoms with Crippen molar-refractivity contribution in [2.45, 2.75) is 6.17 Å². The highest BCUT2D eigenvalue weighted by Crippen LogP contribution is 2.40. The van der Waals surface area contributed by atoms with Crippen LogP contribution in [-0.4, -0.2) is 11.7 Å². The number of aliphatic imine (C=N–C) groups is 2. The van der Waals surface area contributed by atoms with Crippen LogP contribution in [0.5, 0.6) is 0 Å². The summed E-state index contributed by atoms with van der Waals surface area (Å²) < 4.78 is 6.53. The highest BCUT2D eigenvalue weighted by molar-refractivity contribution is 6.24. The summed E-state index contributed by atoms with van der Waals surface area (Å²) >= 11 is 0. The number of furan rings is 1. The molecule has 0 bridgehead atoms. The minimum atomic E-state index is -0.315. The summed E-state index contributed by atoms with van der Waals surface area (Å²) in [5, 5.41) is 13.1. The van der Waals surface area contributed by atoms with Gasteiger partial charge in [-0.05, 0) is 73.3 Å². The number of hydrogen-bond acceptors (Lipinski definition) is 4. The molecule has 0 saturated heterocycles. The van der Waals surface area contributed by atoms with Crippen LogP contribution < -0.4 is 5.32 Å². The van der Waals surface area contributed by atoms with Gasteiger partial charge in [-0.25, -0.2) is 9.98 Å². The number of rotatable bonds is 4. The first-order valence-corrected chi connectivity index (χ1v) is 16.6. The van der Waals surface area contributed by atoms with Crippen molar-refractivity contribution in [1.29, 1.82) is 0 Å². The Bertz CT molecular complexity index is 2810. The molecule has 0 fully saturated rings. The molecular formula is C45H29N3O. The van der Waals surface area contributed by atoms with E-state index in [0.29, 0.717) is 5.84 Å². The molecule has 49 heavy (non-hydrogen) atoms.